The minimum Gasteiger partial charge on any atom is -0.508 e. The van der Waals surface area contributed by atoms with E-state index in [0.717, 1.165) is 25.7 Å². The molecule has 4 atom stereocenters. The number of aromatic hydroxyl groups is 8. The molecule has 0 radical (unpaired) electrons. The molecule has 12 nitrogen and oxygen atoms in total. The van der Waals surface area contributed by atoms with Gasteiger partial charge < -0.3 is 40.9 Å². The van der Waals surface area contributed by atoms with Crippen LogP contribution in [0.5, 0.6) is 46.0 Å². The van der Waals surface area contributed by atoms with Gasteiger partial charge in [-0.2, -0.15) is 0 Å². The molecule has 1 aliphatic carbocycles. The van der Waals surface area contributed by atoms with Crippen molar-refractivity contribution in [1.29, 1.82) is 0 Å². The Kier molecular flexibility index (Phi) is 24.0. The second-order valence-corrected chi connectivity index (χ2v) is 26.5. The Hall–Kier alpha value is -4.64. The van der Waals surface area contributed by atoms with Crippen molar-refractivity contribution in [3.8, 4) is 46.0 Å². The number of carbonyl (C=O) groups excluding carboxylic acids is 4. The number of thioether (sulfide) groups is 4. The summed E-state index contributed by atoms with van der Waals surface area (Å²) in [5.41, 5.74) is 3.02. The van der Waals surface area contributed by atoms with Crippen LogP contribution in [0.4, 0.5) is 0 Å². The van der Waals surface area contributed by atoms with Crippen LogP contribution in [0.3, 0.4) is 0 Å². The number of carbonyl (C=O) groups is 4. The van der Waals surface area contributed by atoms with Crippen LogP contribution < -0.4 is 0 Å². The van der Waals surface area contributed by atoms with E-state index in [1.165, 1.54) is 99.0 Å². The van der Waals surface area contributed by atoms with Crippen molar-refractivity contribution in [2.75, 3.05) is 23.0 Å². The molecule has 0 unspecified atom stereocenters. The highest BCUT2D eigenvalue weighted by atomic mass is 32.2. The van der Waals surface area contributed by atoms with Crippen LogP contribution in [0.1, 0.15) is 201 Å². The first-order valence-electron chi connectivity index (χ1n) is 26.7. The van der Waals surface area contributed by atoms with Gasteiger partial charge >= 0.3 is 0 Å². The van der Waals surface area contributed by atoms with Gasteiger partial charge in [0.25, 0.3) is 0 Å². The number of phenols is 8. The van der Waals surface area contributed by atoms with Crippen molar-refractivity contribution in [2.45, 2.75) is 156 Å². The first-order chi connectivity index (χ1) is 35.9. The molecule has 0 spiro atoms. The molecule has 0 fully saturated rings. The van der Waals surface area contributed by atoms with Crippen LogP contribution in [0.2, 0.25) is 0 Å². The number of benzene rings is 4. The minimum atomic E-state index is -0.752. The fourth-order valence-corrected chi connectivity index (χ4v) is 13.4. The van der Waals surface area contributed by atoms with Crippen molar-refractivity contribution in [1.82, 2.24) is 0 Å². The Labute approximate surface area is 466 Å². The maximum absolute atomic E-state index is 12.1. The van der Waals surface area contributed by atoms with Crippen molar-refractivity contribution >= 4 is 67.5 Å². The fourth-order valence-electron chi connectivity index (χ4n) is 11.0. The molecular weight excluding hydrogens is 1040 g/mol. The van der Waals surface area contributed by atoms with Gasteiger partial charge in [-0.05, 0) is 125 Å². The molecule has 5 rings (SSSR count). The van der Waals surface area contributed by atoms with Crippen LogP contribution in [0.15, 0.2) is 48.5 Å². The lowest BCUT2D eigenvalue weighted by atomic mass is 9.74. The zero-order chi connectivity index (χ0) is 56.0. The van der Waals surface area contributed by atoms with E-state index in [0.29, 0.717) is 119 Å². The third-order valence-corrected chi connectivity index (χ3v) is 18.4. The van der Waals surface area contributed by atoms with E-state index < -0.39 is 23.7 Å². The lowest BCUT2D eigenvalue weighted by Crippen LogP contribution is -2.15. The summed E-state index contributed by atoms with van der Waals surface area (Å²) >= 11 is 5.00. The highest BCUT2D eigenvalue weighted by Crippen LogP contribution is 2.53. The summed E-state index contributed by atoms with van der Waals surface area (Å²) in [5, 5.41) is 96.9. The molecule has 0 saturated carbocycles. The Morgan fingerprint density at radius 2 is 0.487 bits per heavy atom. The summed E-state index contributed by atoms with van der Waals surface area (Å²) in [4.78, 5) is 47.4. The van der Waals surface area contributed by atoms with Gasteiger partial charge in [-0.1, -0.05) is 74.7 Å². The average molecular weight is 1120 g/mol. The quantitative estimate of drug-likeness (QED) is 0.0305. The fraction of sp³-hybridized carbons (Fsp3) is 0.533. The third kappa shape index (κ3) is 17.7. The molecule has 0 aliphatic heterocycles. The normalized spacial score (nSPS) is 17.9. The Bertz CT molecular complexity index is 2200. The van der Waals surface area contributed by atoms with Crippen LogP contribution in [-0.4, -0.2) is 84.3 Å². The summed E-state index contributed by atoms with van der Waals surface area (Å²) < 4.78 is 0. The van der Waals surface area contributed by atoms with E-state index in [4.69, 9.17) is 0 Å². The SMILES string of the molecule is CC(=O)SCCC[C@H](C)CC1c2cc(c(O)cc2O)C(C[C@@H](C)CCCSC(C)=O)c2cc(c(O)cc2O)C(C[C@@H](C)CCCSC(C)=O)c2cc(c(O)cc2O)C(C[C@@H](C)CCCSC(C)=O)c2cc1c(O)cc2O. The van der Waals surface area contributed by atoms with E-state index >= 15 is 0 Å². The van der Waals surface area contributed by atoms with Gasteiger partial charge in [0.15, 0.2) is 20.5 Å². The number of rotatable bonds is 24. The molecule has 8 bridgehead atoms. The highest BCUT2D eigenvalue weighted by molar-refractivity contribution is 8.14. The van der Waals surface area contributed by atoms with Gasteiger partial charge in [-0.25, -0.2) is 0 Å². The van der Waals surface area contributed by atoms with E-state index in [1.54, 1.807) is 24.3 Å². The smallest absolute Gasteiger partial charge is 0.185 e. The monoisotopic (exact) mass is 1120 g/mol. The lowest BCUT2D eigenvalue weighted by Gasteiger charge is -2.31. The summed E-state index contributed by atoms with van der Waals surface area (Å²) in [5.74, 6) is -2.63. The maximum Gasteiger partial charge on any atom is 0.185 e. The predicted molar refractivity (Wildman–Crippen MR) is 311 cm³/mol. The largest absolute Gasteiger partial charge is 0.508 e. The topological polar surface area (TPSA) is 230 Å². The number of hydrogen-bond acceptors (Lipinski definition) is 16. The summed E-state index contributed by atoms with van der Waals surface area (Å²) in [6.45, 7) is 14.4. The van der Waals surface area contributed by atoms with E-state index in [2.05, 4.69) is 27.7 Å². The van der Waals surface area contributed by atoms with Gasteiger partial charge in [-0.15, -0.1) is 0 Å². The molecule has 8 N–H and O–H groups in total. The molecule has 0 heterocycles. The molecule has 416 valence electrons. The van der Waals surface area contributed by atoms with Crippen LogP contribution in [-0.2, 0) is 19.2 Å². The van der Waals surface area contributed by atoms with Gasteiger partial charge in [0.2, 0.25) is 0 Å². The molecule has 16 heteroatoms. The minimum absolute atomic E-state index is 0.0197. The lowest BCUT2D eigenvalue weighted by molar-refractivity contribution is -0.109. The number of hydrogen-bond donors (Lipinski definition) is 8. The van der Waals surface area contributed by atoms with Crippen LogP contribution in [0, 0.1) is 23.7 Å². The van der Waals surface area contributed by atoms with E-state index in [-0.39, 0.29) is 90.1 Å². The Balaban J connectivity index is 1.87. The van der Waals surface area contributed by atoms with Crippen molar-refractivity contribution in [3.05, 3.63) is 93.0 Å². The van der Waals surface area contributed by atoms with Gasteiger partial charge in [0.05, 0.1) is 0 Å². The standard InChI is InChI=1S/C60H80O12S4/c1-33(13-9-17-73-37(5)61)21-41-45-25-47(55(67)29-53(45)65)42(22-34(2)14-10-18-74-38(6)62)49-27-51(59(71)31-57(49)69)44(24-36(4)16-12-20-76-40(8)64)52-28-50(58(70)32-60(52)72)43(23-35(3)15-11-19-75-39(7)63)48-26-46(41)54(66)30-56(48)68/h25-36,41-44,65-72H,9-24H2,1-8H3/t33-,34-,35-,36-,41?,42?,43?,44?/m0/s1. The molecule has 1 aliphatic rings. The zero-order valence-electron chi connectivity index (χ0n) is 45.4. The van der Waals surface area contributed by atoms with E-state index in [1.807, 2.05) is 0 Å². The molecule has 76 heavy (non-hydrogen) atoms. The second kappa shape index (κ2) is 29.4. The number of fused-ring (bicyclic) bond motifs is 8. The zero-order valence-corrected chi connectivity index (χ0v) is 48.7. The average Bonchev–Trinajstić information content (AvgIpc) is 3.32. The van der Waals surface area contributed by atoms with Crippen molar-refractivity contribution < 1.29 is 60.0 Å². The maximum atomic E-state index is 12.1. The Morgan fingerprint density at radius 3 is 0.632 bits per heavy atom. The highest BCUT2D eigenvalue weighted by Gasteiger charge is 2.35. The second-order valence-electron chi connectivity index (χ2n) is 21.4. The molecule has 0 amide bonds. The summed E-state index contributed by atoms with van der Waals surface area (Å²) in [7, 11) is 0. The molecular formula is C60H80O12S4. The molecule has 0 aromatic heterocycles. The first-order valence-corrected chi connectivity index (χ1v) is 30.7. The first kappa shape index (κ1) is 62.2. The Morgan fingerprint density at radius 1 is 0.329 bits per heavy atom. The summed E-state index contributed by atoms with van der Waals surface area (Å²) in [6.07, 6.45) is 7.17. The van der Waals surface area contributed by atoms with Gasteiger partial charge in [0, 0.05) is 143 Å². The van der Waals surface area contributed by atoms with Crippen molar-refractivity contribution in [3.63, 3.8) is 0 Å². The van der Waals surface area contributed by atoms with E-state index in [9.17, 15) is 60.0 Å². The van der Waals surface area contributed by atoms with Crippen LogP contribution in [0.25, 0.3) is 0 Å². The van der Waals surface area contributed by atoms with Crippen molar-refractivity contribution in [2.24, 2.45) is 23.7 Å². The molecule has 0 saturated heterocycles. The number of phenolic OH excluding ortho intramolecular Hbond substituents is 8. The predicted octanol–water partition coefficient (Wildman–Crippen LogP) is 14.5. The van der Waals surface area contributed by atoms with Crippen LogP contribution >= 0.6 is 47.0 Å². The van der Waals surface area contributed by atoms with Gasteiger partial charge in [-0.3, -0.25) is 19.2 Å². The molecule has 4 aromatic rings. The third-order valence-electron chi connectivity index (χ3n) is 14.8. The molecule has 4 aromatic carbocycles. The summed E-state index contributed by atoms with van der Waals surface area (Å²) in [6, 6.07) is 12.1. The van der Waals surface area contributed by atoms with Gasteiger partial charge in [0.1, 0.15) is 46.0 Å².